The largest absolute Gasteiger partial charge is 0.360 e. The fourth-order valence-corrected chi connectivity index (χ4v) is 3.60. The van der Waals surface area contributed by atoms with Crippen molar-refractivity contribution in [3.05, 3.63) is 23.0 Å². The second-order valence-electron chi connectivity index (χ2n) is 4.19. The van der Waals surface area contributed by atoms with Crippen LogP contribution in [0.15, 0.2) is 21.0 Å². The van der Waals surface area contributed by atoms with Gasteiger partial charge in [-0.05, 0) is 13.8 Å². The van der Waals surface area contributed by atoms with E-state index in [2.05, 4.69) is 20.2 Å². The highest BCUT2D eigenvalue weighted by atomic mass is 32.2. The van der Waals surface area contributed by atoms with Gasteiger partial charge in [0, 0.05) is 24.5 Å². The number of rotatable bonds is 6. The van der Waals surface area contributed by atoms with Crippen LogP contribution in [0.4, 0.5) is 5.13 Å². The van der Waals surface area contributed by atoms with E-state index in [1.807, 2.05) is 0 Å². The summed E-state index contributed by atoms with van der Waals surface area (Å²) in [5, 5.41) is 8.38. The molecule has 2 aromatic rings. The number of aromatic nitrogens is 2. The zero-order chi connectivity index (χ0) is 15.5. The second kappa shape index (κ2) is 6.33. The summed E-state index contributed by atoms with van der Waals surface area (Å²) in [6.07, 6.45) is 1.57. The van der Waals surface area contributed by atoms with Crippen molar-refractivity contribution in [2.45, 2.75) is 25.2 Å². The van der Waals surface area contributed by atoms with Crippen LogP contribution in [0, 0.1) is 13.8 Å². The molecule has 0 spiro atoms. The third-order valence-electron chi connectivity index (χ3n) is 2.56. The lowest BCUT2D eigenvalue weighted by Crippen LogP contribution is -2.28. The molecule has 114 valence electrons. The molecule has 0 radical (unpaired) electrons. The molecule has 0 unspecified atom stereocenters. The lowest BCUT2D eigenvalue weighted by Gasteiger charge is -2.06. The summed E-state index contributed by atoms with van der Waals surface area (Å²) >= 11 is 1.29. The van der Waals surface area contributed by atoms with Crippen molar-refractivity contribution in [2.75, 3.05) is 11.9 Å². The van der Waals surface area contributed by atoms with E-state index in [9.17, 15) is 13.2 Å². The van der Waals surface area contributed by atoms with Gasteiger partial charge in [0.1, 0.15) is 10.6 Å². The number of hydrogen-bond acceptors (Lipinski definition) is 7. The maximum atomic E-state index is 12.1. The van der Waals surface area contributed by atoms with Crippen LogP contribution in [0.2, 0.25) is 0 Å². The fourth-order valence-electron chi connectivity index (χ4n) is 1.70. The predicted molar refractivity (Wildman–Crippen MR) is 76.5 cm³/mol. The van der Waals surface area contributed by atoms with Crippen LogP contribution in [-0.4, -0.2) is 31.0 Å². The summed E-state index contributed by atoms with van der Waals surface area (Å²) in [4.78, 5) is 15.5. The average Bonchev–Trinajstić information content (AvgIpc) is 2.99. The monoisotopic (exact) mass is 330 g/mol. The Morgan fingerprint density at radius 2 is 2.19 bits per heavy atom. The third kappa shape index (κ3) is 3.86. The highest BCUT2D eigenvalue weighted by Crippen LogP contribution is 2.18. The van der Waals surface area contributed by atoms with E-state index in [-0.39, 0.29) is 35.2 Å². The van der Waals surface area contributed by atoms with Crippen LogP contribution in [-0.2, 0) is 14.8 Å². The number of anilines is 1. The van der Waals surface area contributed by atoms with Gasteiger partial charge in [0.25, 0.3) is 0 Å². The maximum absolute atomic E-state index is 12.1. The van der Waals surface area contributed by atoms with Crippen LogP contribution in [0.25, 0.3) is 0 Å². The third-order valence-corrected chi connectivity index (χ3v) is 4.95. The molecule has 8 nitrogen and oxygen atoms in total. The first kappa shape index (κ1) is 15.6. The molecule has 21 heavy (non-hydrogen) atoms. The van der Waals surface area contributed by atoms with Gasteiger partial charge >= 0.3 is 0 Å². The molecule has 1 amide bonds. The van der Waals surface area contributed by atoms with Crippen molar-refractivity contribution in [2.24, 2.45) is 0 Å². The summed E-state index contributed by atoms with van der Waals surface area (Å²) in [6, 6.07) is 0. The van der Waals surface area contributed by atoms with Crippen LogP contribution in [0.3, 0.4) is 0 Å². The summed E-state index contributed by atoms with van der Waals surface area (Å²) in [5.74, 6) is -0.0985. The van der Waals surface area contributed by atoms with Crippen molar-refractivity contribution >= 4 is 32.4 Å². The number of hydrogen-bond donors (Lipinski definition) is 2. The Bertz CT molecular complexity index is 702. The van der Waals surface area contributed by atoms with Gasteiger partial charge in [0.05, 0.1) is 0 Å². The molecule has 0 aliphatic carbocycles. The minimum Gasteiger partial charge on any atom is -0.360 e. The number of thiazole rings is 1. The van der Waals surface area contributed by atoms with Gasteiger partial charge in [0.15, 0.2) is 10.9 Å². The molecule has 0 atom stereocenters. The number of sulfonamides is 1. The number of nitrogens with one attached hydrogen (secondary N) is 2. The minimum atomic E-state index is -3.74. The van der Waals surface area contributed by atoms with Gasteiger partial charge in [-0.15, -0.1) is 11.3 Å². The van der Waals surface area contributed by atoms with E-state index < -0.39 is 10.0 Å². The first-order chi connectivity index (χ1) is 9.90. The topological polar surface area (TPSA) is 114 Å². The lowest BCUT2D eigenvalue weighted by molar-refractivity contribution is -0.116. The van der Waals surface area contributed by atoms with E-state index in [1.165, 1.54) is 18.3 Å². The molecule has 0 fully saturated rings. The highest BCUT2D eigenvalue weighted by molar-refractivity contribution is 7.89. The van der Waals surface area contributed by atoms with Gasteiger partial charge in [-0.2, -0.15) is 0 Å². The Balaban J connectivity index is 1.89. The Morgan fingerprint density at radius 1 is 1.43 bits per heavy atom. The van der Waals surface area contributed by atoms with Crippen molar-refractivity contribution in [3.63, 3.8) is 0 Å². The zero-order valence-electron chi connectivity index (χ0n) is 11.4. The summed E-state index contributed by atoms with van der Waals surface area (Å²) in [7, 11) is -3.74. The Labute approximate surface area is 125 Å². The van der Waals surface area contributed by atoms with Gasteiger partial charge < -0.3 is 9.84 Å². The first-order valence-electron chi connectivity index (χ1n) is 6.02. The standard InChI is InChI=1S/C11H14N4O4S2/c1-7-10(8(2)19-15-7)21(17,18)13-4-3-9(16)14-11-12-5-6-20-11/h5-6,13H,3-4H2,1-2H3,(H,12,14,16). The van der Waals surface area contributed by atoms with Crippen molar-refractivity contribution in [3.8, 4) is 0 Å². The normalized spacial score (nSPS) is 11.5. The zero-order valence-corrected chi connectivity index (χ0v) is 13.0. The van der Waals surface area contributed by atoms with Crippen molar-refractivity contribution < 1.29 is 17.7 Å². The molecule has 2 aromatic heterocycles. The average molecular weight is 330 g/mol. The highest BCUT2D eigenvalue weighted by Gasteiger charge is 2.23. The summed E-state index contributed by atoms with van der Waals surface area (Å²) in [5.41, 5.74) is 0.284. The summed E-state index contributed by atoms with van der Waals surface area (Å²) < 4.78 is 31.3. The van der Waals surface area contributed by atoms with E-state index in [0.29, 0.717) is 5.13 Å². The smallest absolute Gasteiger partial charge is 0.245 e. The molecule has 2 heterocycles. The van der Waals surface area contributed by atoms with Crippen LogP contribution < -0.4 is 10.0 Å². The Morgan fingerprint density at radius 3 is 2.76 bits per heavy atom. The van der Waals surface area contributed by atoms with E-state index in [0.717, 1.165) is 0 Å². The quantitative estimate of drug-likeness (QED) is 0.818. The Hall–Kier alpha value is -1.78. The molecule has 0 aromatic carbocycles. The molecule has 10 heteroatoms. The molecule has 2 rings (SSSR count). The molecular weight excluding hydrogens is 316 g/mol. The number of aryl methyl sites for hydroxylation is 2. The summed E-state index contributed by atoms with van der Waals surface area (Å²) in [6.45, 7) is 3.04. The molecule has 0 aliphatic heterocycles. The number of nitrogens with zero attached hydrogens (tertiary/aromatic N) is 2. The molecule has 0 saturated carbocycles. The van der Waals surface area contributed by atoms with Gasteiger partial charge in [0.2, 0.25) is 15.9 Å². The molecular formula is C11H14N4O4S2. The molecule has 0 aliphatic rings. The van der Waals surface area contributed by atoms with Crippen LogP contribution >= 0.6 is 11.3 Å². The minimum absolute atomic E-state index is 0.00217. The lowest BCUT2D eigenvalue weighted by atomic mass is 10.4. The van der Waals surface area contributed by atoms with Gasteiger partial charge in [-0.3, -0.25) is 4.79 Å². The number of carbonyl (C=O) groups is 1. The maximum Gasteiger partial charge on any atom is 0.245 e. The van der Waals surface area contributed by atoms with Crippen molar-refractivity contribution in [1.82, 2.24) is 14.9 Å². The fraction of sp³-hybridized carbons (Fsp3) is 0.364. The number of carbonyl (C=O) groups excluding carboxylic acids is 1. The van der Waals surface area contributed by atoms with E-state index in [1.54, 1.807) is 18.5 Å². The van der Waals surface area contributed by atoms with Crippen LogP contribution in [0.1, 0.15) is 17.9 Å². The SMILES string of the molecule is Cc1noc(C)c1S(=O)(=O)NCCC(=O)Nc1nccs1. The molecule has 0 bridgehead atoms. The van der Waals surface area contributed by atoms with Crippen molar-refractivity contribution in [1.29, 1.82) is 0 Å². The second-order valence-corrected chi connectivity index (χ2v) is 6.78. The van der Waals surface area contributed by atoms with E-state index >= 15 is 0 Å². The molecule has 2 N–H and O–H groups in total. The number of amides is 1. The predicted octanol–water partition coefficient (Wildman–Crippen LogP) is 1.06. The van der Waals surface area contributed by atoms with E-state index in [4.69, 9.17) is 4.52 Å². The molecule has 0 saturated heterocycles. The van der Waals surface area contributed by atoms with Gasteiger partial charge in [-0.25, -0.2) is 18.1 Å². The van der Waals surface area contributed by atoms with Gasteiger partial charge in [-0.1, -0.05) is 5.16 Å². The Kier molecular flexibility index (Phi) is 4.70. The first-order valence-corrected chi connectivity index (χ1v) is 8.38. The van der Waals surface area contributed by atoms with Crippen LogP contribution in [0.5, 0.6) is 0 Å².